The molecule has 0 radical (unpaired) electrons. The molecule has 0 amide bonds. The smallest absolute Gasteiger partial charge is 0.413 e. The van der Waals surface area contributed by atoms with Crippen LogP contribution in [0.2, 0.25) is 5.02 Å². The predicted molar refractivity (Wildman–Crippen MR) is 150 cm³/mol. The van der Waals surface area contributed by atoms with E-state index in [0.717, 1.165) is 29.3 Å². The molecule has 4 aromatic rings. The molecule has 0 bridgehead atoms. The van der Waals surface area contributed by atoms with Crippen LogP contribution in [0.1, 0.15) is 39.4 Å². The average Bonchev–Trinajstić information content (AvgIpc) is 3.67. The van der Waals surface area contributed by atoms with Gasteiger partial charge in [-0.3, -0.25) is 4.52 Å². The van der Waals surface area contributed by atoms with Crippen LogP contribution in [0, 0.1) is 5.92 Å². The fourth-order valence-corrected chi connectivity index (χ4v) is 6.53. The molecule has 1 aliphatic rings. The number of nitrogens with two attached hydrogens (primary N) is 1. The molecule has 0 spiro atoms. The Morgan fingerprint density at radius 1 is 1.16 bits per heavy atom. The average molecular weight is 558 g/mol. The quantitative estimate of drug-likeness (QED) is 0.194. The fraction of sp³-hybridized carbons (Fsp3) is 0.407. The molecule has 2 aromatic heterocycles. The van der Waals surface area contributed by atoms with Crippen molar-refractivity contribution in [3.05, 3.63) is 59.4 Å². The van der Waals surface area contributed by atoms with E-state index < -0.39 is 13.9 Å². The zero-order chi connectivity index (χ0) is 26.9. The fourth-order valence-electron chi connectivity index (χ4n) is 4.60. The van der Waals surface area contributed by atoms with Crippen molar-refractivity contribution in [3.8, 4) is 5.75 Å². The normalized spacial score (nSPS) is 16.9. The summed E-state index contributed by atoms with van der Waals surface area (Å²) in [4.78, 5) is 9.30. The van der Waals surface area contributed by atoms with Crippen molar-refractivity contribution >= 4 is 47.1 Å². The second-order valence-corrected chi connectivity index (χ2v) is 11.8. The molecule has 2 aromatic carbocycles. The van der Waals surface area contributed by atoms with Gasteiger partial charge in [-0.2, -0.15) is 0 Å². The number of fused-ring (bicyclic) bond motifs is 3. The summed E-state index contributed by atoms with van der Waals surface area (Å²) >= 11 is 6.03. The van der Waals surface area contributed by atoms with E-state index in [1.165, 1.54) is 0 Å². The zero-order valence-electron chi connectivity index (χ0n) is 21.8. The highest BCUT2D eigenvalue weighted by Gasteiger charge is 2.37. The highest BCUT2D eigenvalue weighted by Crippen LogP contribution is 2.48. The monoisotopic (exact) mass is 557 g/mol. The molecular weight excluding hydrogens is 525 g/mol. The summed E-state index contributed by atoms with van der Waals surface area (Å²) in [5.74, 6) is 1.90. The third-order valence-electron chi connectivity index (χ3n) is 6.61. The number of rotatable bonds is 12. The van der Waals surface area contributed by atoms with E-state index in [1.54, 1.807) is 24.3 Å². The number of anilines is 1. The number of imidazole rings is 1. The minimum atomic E-state index is -3.75. The van der Waals surface area contributed by atoms with Gasteiger partial charge in [-0.15, -0.1) is 0 Å². The Kier molecular flexibility index (Phi) is 7.93. The Balaban J connectivity index is 1.48. The largest absolute Gasteiger partial charge is 0.459 e. The lowest BCUT2D eigenvalue weighted by atomic mass is 10.2. The first-order valence-corrected chi connectivity index (χ1v) is 14.8. The van der Waals surface area contributed by atoms with Gasteiger partial charge in [0, 0.05) is 23.1 Å². The van der Waals surface area contributed by atoms with Crippen molar-refractivity contribution in [2.75, 3.05) is 12.3 Å². The summed E-state index contributed by atoms with van der Waals surface area (Å²) in [7, 11) is -3.75. The van der Waals surface area contributed by atoms with Gasteiger partial charge in [0.05, 0.1) is 23.7 Å². The van der Waals surface area contributed by atoms with Crippen LogP contribution in [-0.4, -0.2) is 33.3 Å². The van der Waals surface area contributed by atoms with Crippen LogP contribution >= 0.6 is 19.3 Å². The molecule has 5 rings (SSSR count). The van der Waals surface area contributed by atoms with Crippen LogP contribution < -0.4 is 15.3 Å². The van der Waals surface area contributed by atoms with Crippen LogP contribution in [-0.2, 0) is 27.0 Å². The number of hydrogen-bond acceptors (Lipinski definition) is 7. The van der Waals surface area contributed by atoms with Crippen molar-refractivity contribution in [1.82, 2.24) is 19.6 Å². The van der Waals surface area contributed by atoms with Gasteiger partial charge in [-0.05, 0) is 69.9 Å². The van der Waals surface area contributed by atoms with E-state index in [2.05, 4.69) is 10.1 Å². The van der Waals surface area contributed by atoms with E-state index in [9.17, 15) is 4.57 Å². The number of benzene rings is 2. The van der Waals surface area contributed by atoms with Crippen LogP contribution in [0.25, 0.3) is 21.9 Å². The predicted octanol–water partition coefficient (Wildman–Crippen LogP) is 6.34. The number of nitrogen functional groups attached to an aromatic ring is 1. The Bertz CT molecular complexity index is 1470. The molecule has 11 heteroatoms. The summed E-state index contributed by atoms with van der Waals surface area (Å²) in [6, 6.07) is 14.5. The topological polar surface area (TPSA) is 114 Å². The highest BCUT2D eigenvalue weighted by molar-refractivity contribution is 7.52. The maximum Gasteiger partial charge on any atom is 0.459 e. The van der Waals surface area contributed by atoms with Gasteiger partial charge in [0.15, 0.2) is 5.82 Å². The van der Waals surface area contributed by atoms with Gasteiger partial charge in [-0.1, -0.05) is 29.8 Å². The molecule has 1 unspecified atom stereocenters. The Morgan fingerprint density at radius 2 is 1.89 bits per heavy atom. The van der Waals surface area contributed by atoms with Crippen molar-refractivity contribution in [3.63, 3.8) is 0 Å². The lowest BCUT2D eigenvalue weighted by Gasteiger charge is -2.27. The molecule has 38 heavy (non-hydrogen) atoms. The van der Waals surface area contributed by atoms with Crippen LogP contribution in [0.15, 0.2) is 48.5 Å². The maximum atomic E-state index is 14.1. The second-order valence-electron chi connectivity index (χ2n) is 9.70. The molecule has 3 N–H and O–H groups in total. The van der Waals surface area contributed by atoms with Gasteiger partial charge in [0.25, 0.3) is 0 Å². The van der Waals surface area contributed by atoms with Gasteiger partial charge in [-0.25, -0.2) is 19.6 Å². The Hall–Kier alpha value is -2.68. The summed E-state index contributed by atoms with van der Waals surface area (Å²) in [5.41, 5.74) is 8.52. The molecule has 3 atom stereocenters. The third kappa shape index (κ3) is 5.98. The number of ether oxygens (including phenoxy) is 1. The molecule has 0 saturated heterocycles. The van der Waals surface area contributed by atoms with Crippen LogP contribution in [0.3, 0.4) is 0 Å². The summed E-state index contributed by atoms with van der Waals surface area (Å²) in [6.45, 7) is 6.98. The summed E-state index contributed by atoms with van der Waals surface area (Å²) in [6.07, 6.45) is 1.67. The molecule has 1 fully saturated rings. The minimum absolute atomic E-state index is 0.0160. The van der Waals surface area contributed by atoms with Gasteiger partial charge in [0.2, 0.25) is 0 Å². The molecular formula is C27H33ClN5O4P. The standard InChI is InChI=1S/C27H33ClN5O4P/c1-4-35-16-24-31-25-26(22-7-5-6-8-23(22)30-27(25)29)33(24)15-17(2)36-38(34,32-18(3)19-9-10-19)37-21-13-11-20(28)12-14-21/h5-8,11-14,17-19H,4,9-10,15-16H2,1-3H3,(H2,29,30)(H,32,34)/t17-,18+,38?/m1/s1. The molecule has 2 heterocycles. The minimum Gasteiger partial charge on any atom is -0.413 e. The molecule has 1 aliphatic carbocycles. The number of para-hydroxylation sites is 1. The summed E-state index contributed by atoms with van der Waals surface area (Å²) < 4.78 is 33.9. The third-order valence-corrected chi connectivity index (χ3v) is 8.68. The number of aromatic nitrogens is 3. The lowest BCUT2D eigenvalue weighted by Crippen LogP contribution is -2.30. The van der Waals surface area contributed by atoms with Crippen molar-refractivity contribution < 1.29 is 18.3 Å². The van der Waals surface area contributed by atoms with Crippen molar-refractivity contribution in [1.29, 1.82) is 0 Å². The van der Waals surface area contributed by atoms with Crippen LogP contribution in [0.5, 0.6) is 5.75 Å². The van der Waals surface area contributed by atoms with Crippen molar-refractivity contribution in [2.24, 2.45) is 5.92 Å². The number of halogens is 1. The Labute approximate surface area is 227 Å². The maximum absolute atomic E-state index is 14.1. The lowest BCUT2D eigenvalue weighted by molar-refractivity contribution is 0.121. The van der Waals surface area contributed by atoms with E-state index in [4.69, 9.17) is 36.1 Å². The van der Waals surface area contributed by atoms with Gasteiger partial charge in [0.1, 0.15) is 23.7 Å². The van der Waals surface area contributed by atoms with Crippen molar-refractivity contribution in [2.45, 2.75) is 58.9 Å². The Morgan fingerprint density at radius 3 is 2.61 bits per heavy atom. The van der Waals surface area contributed by atoms with Gasteiger partial charge < -0.3 is 19.6 Å². The zero-order valence-corrected chi connectivity index (χ0v) is 23.4. The number of pyridine rings is 1. The molecule has 1 saturated carbocycles. The first-order chi connectivity index (χ1) is 18.3. The number of nitrogens with one attached hydrogen (secondary N) is 1. The molecule has 202 valence electrons. The van der Waals surface area contributed by atoms with E-state index in [0.29, 0.717) is 53.6 Å². The van der Waals surface area contributed by atoms with Gasteiger partial charge >= 0.3 is 7.75 Å². The summed E-state index contributed by atoms with van der Waals surface area (Å²) in [5, 5.41) is 4.63. The molecule has 0 aliphatic heterocycles. The second kappa shape index (κ2) is 11.2. The van der Waals surface area contributed by atoms with Crippen LogP contribution in [0.4, 0.5) is 5.82 Å². The van der Waals surface area contributed by atoms with E-state index in [-0.39, 0.29) is 6.04 Å². The first kappa shape index (κ1) is 26.9. The van der Waals surface area contributed by atoms with E-state index in [1.807, 2.05) is 49.6 Å². The highest BCUT2D eigenvalue weighted by atomic mass is 35.5. The first-order valence-electron chi connectivity index (χ1n) is 12.9. The number of hydrogen-bond donors (Lipinski definition) is 2. The molecule has 9 nitrogen and oxygen atoms in total. The number of nitrogens with zero attached hydrogens (tertiary/aromatic N) is 3. The SMILES string of the molecule is CCOCc1nc2c(N)nc3ccccc3c2n1C[C@@H](C)OP(=O)(N[C@@H](C)C1CC1)Oc1ccc(Cl)cc1. The van der Waals surface area contributed by atoms with E-state index >= 15 is 0 Å².